The number of amides is 3. The molecule has 30 heavy (non-hydrogen) atoms. The smallest absolute Gasteiger partial charge is 0.341 e. The summed E-state index contributed by atoms with van der Waals surface area (Å²) in [6.07, 6.45) is 7.33. The minimum atomic E-state index is -0.402. The number of likely N-dealkylation sites (tertiary alicyclic amines) is 1. The van der Waals surface area contributed by atoms with Gasteiger partial charge < -0.3 is 10.1 Å². The normalized spacial score (nSPS) is 23.2. The third kappa shape index (κ3) is 3.89. The second kappa shape index (κ2) is 8.88. The Morgan fingerprint density at radius 3 is 2.40 bits per heavy atom. The fourth-order valence-electron chi connectivity index (χ4n) is 4.93. The van der Waals surface area contributed by atoms with E-state index in [1.807, 2.05) is 0 Å². The molecule has 0 spiro atoms. The molecule has 8 heteroatoms. The largest absolute Gasteiger partial charge is 0.462 e. The monoisotopic (exact) mass is 432 g/mol. The van der Waals surface area contributed by atoms with Gasteiger partial charge in [-0.05, 0) is 51.0 Å². The maximum absolute atomic E-state index is 12.6. The van der Waals surface area contributed by atoms with Gasteiger partial charge in [-0.3, -0.25) is 19.3 Å². The molecule has 3 aliphatic rings. The van der Waals surface area contributed by atoms with Crippen molar-refractivity contribution in [2.45, 2.75) is 64.7 Å². The number of rotatable bonds is 6. The van der Waals surface area contributed by atoms with Crippen molar-refractivity contribution in [3.63, 3.8) is 0 Å². The van der Waals surface area contributed by atoms with E-state index in [-0.39, 0.29) is 49.1 Å². The maximum atomic E-state index is 12.6. The molecule has 1 N–H and O–H groups in total. The average molecular weight is 433 g/mol. The highest BCUT2D eigenvalue weighted by Crippen LogP contribution is 2.39. The lowest BCUT2D eigenvalue weighted by Crippen LogP contribution is -2.34. The van der Waals surface area contributed by atoms with E-state index >= 15 is 0 Å². The molecule has 1 aromatic rings. The third-order valence-electron chi connectivity index (χ3n) is 6.40. The topological polar surface area (TPSA) is 92.8 Å². The summed E-state index contributed by atoms with van der Waals surface area (Å²) in [5.74, 6) is -1.36. The van der Waals surface area contributed by atoms with Gasteiger partial charge in [-0.15, -0.1) is 11.3 Å². The highest BCUT2D eigenvalue weighted by molar-refractivity contribution is 7.17. The molecule has 0 bridgehead atoms. The summed E-state index contributed by atoms with van der Waals surface area (Å²) in [4.78, 5) is 52.7. The lowest BCUT2D eigenvalue weighted by molar-refractivity contribution is -0.140. The molecule has 1 saturated heterocycles. The van der Waals surface area contributed by atoms with Crippen molar-refractivity contribution < 1.29 is 23.9 Å². The number of nitrogens with one attached hydrogen (secondary N) is 1. The maximum Gasteiger partial charge on any atom is 0.341 e. The number of imide groups is 1. The quantitative estimate of drug-likeness (QED) is 0.550. The van der Waals surface area contributed by atoms with E-state index in [1.54, 1.807) is 6.92 Å². The Labute approximate surface area is 180 Å². The molecule has 1 aromatic heterocycles. The molecule has 1 aliphatic heterocycles. The van der Waals surface area contributed by atoms with Crippen LogP contribution in [-0.2, 0) is 32.0 Å². The fourth-order valence-corrected chi connectivity index (χ4v) is 6.22. The summed E-state index contributed by atoms with van der Waals surface area (Å²) in [6, 6.07) is 0. The van der Waals surface area contributed by atoms with Crippen molar-refractivity contribution in [2.75, 3.05) is 18.5 Å². The van der Waals surface area contributed by atoms with E-state index in [1.165, 1.54) is 16.2 Å². The molecular weight excluding hydrogens is 404 g/mol. The van der Waals surface area contributed by atoms with Crippen LogP contribution in [0, 0.1) is 11.8 Å². The van der Waals surface area contributed by atoms with Crippen LogP contribution in [-0.4, -0.2) is 41.7 Å². The van der Waals surface area contributed by atoms with Gasteiger partial charge in [0.25, 0.3) is 0 Å². The lowest BCUT2D eigenvalue weighted by atomic mass is 9.81. The van der Waals surface area contributed by atoms with Gasteiger partial charge in [0.1, 0.15) is 5.00 Å². The zero-order valence-electron chi connectivity index (χ0n) is 17.3. The minimum absolute atomic E-state index is 0.0295. The van der Waals surface area contributed by atoms with Crippen LogP contribution < -0.4 is 5.32 Å². The summed E-state index contributed by atoms with van der Waals surface area (Å²) < 4.78 is 5.22. The number of ether oxygens (including phenoxy) is 1. The molecule has 4 rings (SSSR count). The van der Waals surface area contributed by atoms with Crippen LogP contribution in [0.5, 0.6) is 0 Å². The van der Waals surface area contributed by atoms with Crippen LogP contribution in [0.2, 0.25) is 0 Å². The number of fused-ring (bicyclic) bond motifs is 2. The Bertz CT molecular complexity index is 853. The van der Waals surface area contributed by atoms with Crippen molar-refractivity contribution in [2.24, 2.45) is 11.8 Å². The number of nitrogens with zero attached hydrogens (tertiary/aromatic N) is 1. The van der Waals surface area contributed by atoms with Crippen LogP contribution in [0.3, 0.4) is 0 Å². The number of thiophene rings is 1. The molecule has 2 fully saturated rings. The molecule has 0 radical (unpaired) electrons. The molecule has 2 heterocycles. The van der Waals surface area contributed by atoms with E-state index in [0.717, 1.165) is 61.8 Å². The number of carbonyl (C=O) groups excluding carboxylic acids is 4. The second-order valence-electron chi connectivity index (χ2n) is 8.26. The summed E-state index contributed by atoms with van der Waals surface area (Å²) in [5.41, 5.74) is 1.47. The van der Waals surface area contributed by atoms with Crippen LogP contribution in [0.1, 0.15) is 72.7 Å². The first-order valence-electron chi connectivity index (χ1n) is 11.0. The Hall–Kier alpha value is -2.22. The lowest BCUT2D eigenvalue weighted by Gasteiger charge is -2.19. The van der Waals surface area contributed by atoms with E-state index in [2.05, 4.69) is 5.32 Å². The summed E-state index contributed by atoms with van der Waals surface area (Å²) in [7, 11) is 0. The number of hydrogen-bond donors (Lipinski definition) is 1. The predicted octanol–water partition coefficient (Wildman–Crippen LogP) is 3.31. The summed E-state index contributed by atoms with van der Waals surface area (Å²) in [6.45, 7) is 2.13. The summed E-state index contributed by atoms with van der Waals surface area (Å²) >= 11 is 1.44. The number of hydrogen-bond acceptors (Lipinski definition) is 6. The van der Waals surface area contributed by atoms with E-state index in [4.69, 9.17) is 4.74 Å². The van der Waals surface area contributed by atoms with Gasteiger partial charge in [-0.1, -0.05) is 12.8 Å². The van der Waals surface area contributed by atoms with Crippen molar-refractivity contribution >= 4 is 40.0 Å². The van der Waals surface area contributed by atoms with Gasteiger partial charge in [0.05, 0.1) is 24.0 Å². The molecule has 3 amide bonds. The number of esters is 1. The predicted molar refractivity (Wildman–Crippen MR) is 112 cm³/mol. The highest BCUT2D eigenvalue weighted by Gasteiger charge is 2.47. The van der Waals surface area contributed by atoms with Crippen molar-refractivity contribution in [3.8, 4) is 0 Å². The molecule has 0 aromatic carbocycles. The van der Waals surface area contributed by atoms with Gasteiger partial charge in [0.2, 0.25) is 17.7 Å². The fraction of sp³-hybridized carbons (Fsp3) is 0.636. The molecule has 2 aliphatic carbocycles. The van der Waals surface area contributed by atoms with Gasteiger partial charge in [0.15, 0.2) is 0 Å². The minimum Gasteiger partial charge on any atom is -0.462 e. The van der Waals surface area contributed by atoms with Gasteiger partial charge >= 0.3 is 5.97 Å². The Morgan fingerprint density at radius 2 is 1.73 bits per heavy atom. The average Bonchev–Trinajstić information content (AvgIpc) is 3.22. The number of anilines is 1. The third-order valence-corrected chi connectivity index (χ3v) is 7.61. The van der Waals surface area contributed by atoms with Crippen LogP contribution >= 0.6 is 11.3 Å². The Balaban J connectivity index is 1.43. The molecular formula is C22H28N2O5S. The first kappa shape index (κ1) is 21.0. The zero-order valence-corrected chi connectivity index (χ0v) is 18.1. The van der Waals surface area contributed by atoms with Gasteiger partial charge in [0, 0.05) is 17.8 Å². The second-order valence-corrected chi connectivity index (χ2v) is 9.36. The molecule has 1 saturated carbocycles. The Morgan fingerprint density at radius 1 is 1.07 bits per heavy atom. The molecule has 0 unspecified atom stereocenters. The molecule has 2 atom stereocenters. The standard InChI is InChI=1S/C22H28N2O5S/c1-2-29-22(28)18-15-9-5-6-10-16(15)30-19(18)23-17(25)11-12-24-20(26)13-7-3-4-8-14(13)21(24)27/h13-14H,2-12H2,1H3,(H,23,25)/t13-,14-/m1/s1. The van der Waals surface area contributed by atoms with Crippen LogP contribution in [0.4, 0.5) is 5.00 Å². The summed E-state index contributed by atoms with van der Waals surface area (Å²) in [5, 5.41) is 3.38. The number of carbonyl (C=O) groups is 4. The van der Waals surface area contributed by atoms with Gasteiger partial charge in [-0.25, -0.2) is 4.79 Å². The van der Waals surface area contributed by atoms with Crippen molar-refractivity contribution in [1.82, 2.24) is 4.90 Å². The molecule has 162 valence electrons. The van der Waals surface area contributed by atoms with Crippen LogP contribution in [0.25, 0.3) is 0 Å². The van der Waals surface area contributed by atoms with Gasteiger partial charge in [-0.2, -0.15) is 0 Å². The van der Waals surface area contributed by atoms with Crippen molar-refractivity contribution in [1.29, 1.82) is 0 Å². The number of aryl methyl sites for hydroxylation is 1. The zero-order chi connectivity index (χ0) is 21.3. The van der Waals surface area contributed by atoms with E-state index in [0.29, 0.717) is 10.6 Å². The van der Waals surface area contributed by atoms with Crippen molar-refractivity contribution in [3.05, 3.63) is 16.0 Å². The highest BCUT2D eigenvalue weighted by atomic mass is 32.1. The Kier molecular flexibility index (Phi) is 6.22. The SMILES string of the molecule is CCOC(=O)c1c(NC(=O)CCN2C(=O)[C@@H]3CCCC[C@H]3C2=O)sc2c1CCCC2. The molecule has 7 nitrogen and oxygen atoms in total. The first-order valence-corrected chi connectivity index (χ1v) is 11.8. The van der Waals surface area contributed by atoms with Crippen LogP contribution in [0.15, 0.2) is 0 Å². The first-order chi connectivity index (χ1) is 14.5. The van der Waals surface area contributed by atoms with E-state index in [9.17, 15) is 19.2 Å². The van der Waals surface area contributed by atoms with E-state index < -0.39 is 5.97 Å².